The van der Waals surface area contributed by atoms with Crippen LogP contribution in [0.2, 0.25) is 0 Å². The third kappa shape index (κ3) is 4.03. The predicted octanol–water partition coefficient (Wildman–Crippen LogP) is 3.01. The van der Waals surface area contributed by atoms with Crippen LogP contribution in [-0.4, -0.2) is 66.3 Å². The number of fused-ring (bicyclic) bond motifs is 1. The van der Waals surface area contributed by atoms with E-state index in [4.69, 9.17) is 9.47 Å². The highest BCUT2D eigenvalue weighted by molar-refractivity contribution is 6.02. The average molecular weight is 413 g/mol. The summed E-state index contributed by atoms with van der Waals surface area (Å²) in [6.45, 7) is 6.32. The number of hydrogen-bond acceptors (Lipinski definition) is 4. The zero-order chi connectivity index (χ0) is 21.1. The van der Waals surface area contributed by atoms with E-state index in [2.05, 4.69) is 6.07 Å². The van der Waals surface area contributed by atoms with Gasteiger partial charge in [-0.1, -0.05) is 24.3 Å². The fourth-order valence-corrected chi connectivity index (χ4v) is 5.01. The van der Waals surface area contributed by atoms with E-state index in [9.17, 15) is 9.59 Å². The number of likely N-dealkylation sites (tertiary alicyclic amines) is 2. The van der Waals surface area contributed by atoms with Crippen molar-refractivity contribution in [2.75, 3.05) is 26.3 Å². The molecule has 6 nitrogen and oxygen atoms in total. The van der Waals surface area contributed by atoms with Gasteiger partial charge in [-0.15, -0.1) is 0 Å². The van der Waals surface area contributed by atoms with Crippen molar-refractivity contribution < 1.29 is 19.1 Å². The second-order valence-corrected chi connectivity index (χ2v) is 8.22. The quantitative estimate of drug-likeness (QED) is 0.646. The Morgan fingerprint density at radius 1 is 1.03 bits per heavy atom. The van der Waals surface area contributed by atoms with Crippen LogP contribution in [0.5, 0.6) is 0 Å². The molecule has 1 aliphatic carbocycles. The van der Waals surface area contributed by atoms with Gasteiger partial charge in [0.15, 0.2) is 6.29 Å². The van der Waals surface area contributed by atoms with Crippen LogP contribution in [0.1, 0.15) is 50.7 Å². The lowest BCUT2D eigenvalue weighted by Crippen LogP contribution is -2.52. The summed E-state index contributed by atoms with van der Waals surface area (Å²) in [4.78, 5) is 30.5. The average Bonchev–Trinajstić information content (AvgIpc) is 3.51. The van der Waals surface area contributed by atoms with Crippen molar-refractivity contribution in [2.24, 2.45) is 0 Å². The van der Waals surface area contributed by atoms with Crippen molar-refractivity contribution in [3.8, 4) is 0 Å². The van der Waals surface area contributed by atoms with E-state index in [-0.39, 0.29) is 23.9 Å². The largest absolute Gasteiger partial charge is 0.351 e. The Balaban J connectivity index is 1.48. The topological polar surface area (TPSA) is 59.1 Å². The normalized spacial score (nSPS) is 23.2. The van der Waals surface area contributed by atoms with E-state index in [0.29, 0.717) is 32.7 Å². The Morgan fingerprint density at radius 2 is 1.73 bits per heavy atom. The van der Waals surface area contributed by atoms with Crippen LogP contribution in [0.15, 0.2) is 29.8 Å². The molecule has 3 aliphatic rings. The molecule has 162 valence electrons. The van der Waals surface area contributed by atoms with Gasteiger partial charge in [0, 0.05) is 38.3 Å². The maximum absolute atomic E-state index is 13.5. The van der Waals surface area contributed by atoms with Gasteiger partial charge in [0.25, 0.3) is 5.91 Å². The first-order valence-corrected chi connectivity index (χ1v) is 11.3. The Kier molecular flexibility index (Phi) is 6.54. The molecule has 2 saturated heterocycles. The molecular weight excluding hydrogens is 380 g/mol. The Bertz CT molecular complexity index is 815. The van der Waals surface area contributed by atoms with Crippen LogP contribution < -0.4 is 0 Å². The molecule has 2 heterocycles. The van der Waals surface area contributed by atoms with Gasteiger partial charge in [-0.2, -0.15) is 0 Å². The Labute approximate surface area is 178 Å². The monoisotopic (exact) mass is 412 g/mol. The molecule has 0 aromatic heterocycles. The molecule has 2 amide bonds. The van der Waals surface area contributed by atoms with Crippen LogP contribution in [-0.2, 0) is 25.5 Å². The maximum atomic E-state index is 13.5. The number of carbonyl (C=O) groups excluding carboxylic acids is 2. The summed E-state index contributed by atoms with van der Waals surface area (Å²) >= 11 is 0. The molecule has 1 unspecified atom stereocenters. The van der Waals surface area contributed by atoms with E-state index >= 15 is 0 Å². The number of ether oxygens (including phenoxy) is 2. The summed E-state index contributed by atoms with van der Waals surface area (Å²) in [5.41, 5.74) is 3.08. The zero-order valence-electron chi connectivity index (χ0n) is 18.0. The van der Waals surface area contributed by atoms with E-state index < -0.39 is 6.29 Å². The molecule has 0 N–H and O–H groups in total. The molecule has 4 rings (SSSR count). The van der Waals surface area contributed by atoms with E-state index in [1.165, 1.54) is 5.56 Å². The highest BCUT2D eigenvalue weighted by atomic mass is 16.7. The number of rotatable bonds is 7. The van der Waals surface area contributed by atoms with E-state index in [1.807, 2.05) is 43.0 Å². The third-order valence-electron chi connectivity index (χ3n) is 6.40. The Hall–Kier alpha value is -2.18. The number of amides is 2. The summed E-state index contributed by atoms with van der Waals surface area (Å²) in [6.07, 6.45) is 5.63. The first kappa shape index (κ1) is 21.1. The van der Waals surface area contributed by atoms with Crippen molar-refractivity contribution in [2.45, 2.75) is 64.3 Å². The first-order valence-electron chi connectivity index (χ1n) is 11.3. The standard InChI is InChI=1S/C24H32N2O4/c1-3-29-24(30-4-2)21-12-8-14-26(21)23(28)20-11-7-13-25(20)22(27)19-15-17-9-5-6-10-18(17)16-19/h5-6,9-10,15,20-21,24H,3-4,7-8,11-14,16H2,1-2H3/t20-,21?/m0/s1. The van der Waals surface area contributed by atoms with Gasteiger partial charge in [0.1, 0.15) is 6.04 Å². The van der Waals surface area contributed by atoms with Crippen molar-refractivity contribution in [3.05, 3.63) is 41.0 Å². The van der Waals surface area contributed by atoms with Crippen LogP contribution in [0.3, 0.4) is 0 Å². The van der Waals surface area contributed by atoms with Gasteiger partial charge in [0.05, 0.1) is 6.04 Å². The van der Waals surface area contributed by atoms with Gasteiger partial charge >= 0.3 is 0 Å². The summed E-state index contributed by atoms with van der Waals surface area (Å²) in [7, 11) is 0. The molecule has 1 aromatic rings. The number of carbonyl (C=O) groups is 2. The van der Waals surface area contributed by atoms with Crippen LogP contribution in [0.4, 0.5) is 0 Å². The van der Waals surface area contributed by atoms with Crippen LogP contribution in [0, 0.1) is 0 Å². The fourth-order valence-electron chi connectivity index (χ4n) is 5.01. The first-order chi connectivity index (χ1) is 14.6. The second kappa shape index (κ2) is 9.31. The van der Waals surface area contributed by atoms with Crippen molar-refractivity contribution >= 4 is 17.9 Å². The summed E-state index contributed by atoms with van der Waals surface area (Å²) in [6, 6.07) is 7.64. The number of benzene rings is 1. The fraction of sp³-hybridized carbons (Fsp3) is 0.583. The molecule has 0 spiro atoms. The predicted molar refractivity (Wildman–Crippen MR) is 115 cm³/mol. The molecular formula is C24H32N2O4. The van der Waals surface area contributed by atoms with Crippen molar-refractivity contribution in [1.82, 2.24) is 9.80 Å². The van der Waals surface area contributed by atoms with Gasteiger partial charge in [-0.3, -0.25) is 9.59 Å². The molecule has 1 aromatic carbocycles. The second-order valence-electron chi connectivity index (χ2n) is 8.22. The van der Waals surface area contributed by atoms with Crippen molar-refractivity contribution in [1.29, 1.82) is 0 Å². The van der Waals surface area contributed by atoms with E-state index in [1.54, 1.807) is 4.90 Å². The smallest absolute Gasteiger partial charge is 0.250 e. The summed E-state index contributed by atoms with van der Waals surface area (Å²) in [5, 5.41) is 0. The van der Waals surface area contributed by atoms with E-state index in [0.717, 1.165) is 36.8 Å². The Morgan fingerprint density at radius 3 is 2.47 bits per heavy atom. The molecule has 2 atom stereocenters. The van der Waals surface area contributed by atoms with Gasteiger partial charge in [-0.05, 0) is 56.7 Å². The summed E-state index contributed by atoms with van der Waals surface area (Å²) in [5.74, 6) is 0.0489. The minimum atomic E-state index is -0.399. The lowest BCUT2D eigenvalue weighted by atomic mass is 10.1. The zero-order valence-corrected chi connectivity index (χ0v) is 18.0. The maximum Gasteiger partial charge on any atom is 0.250 e. The number of hydrogen-bond donors (Lipinski definition) is 0. The minimum absolute atomic E-state index is 0.00367. The highest BCUT2D eigenvalue weighted by Gasteiger charge is 2.43. The van der Waals surface area contributed by atoms with Crippen LogP contribution in [0.25, 0.3) is 6.08 Å². The van der Waals surface area contributed by atoms with Crippen molar-refractivity contribution in [3.63, 3.8) is 0 Å². The molecule has 2 fully saturated rings. The minimum Gasteiger partial charge on any atom is -0.351 e. The molecule has 0 bridgehead atoms. The van der Waals surface area contributed by atoms with Crippen LogP contribution >= 0.6 is 0 Å². The van der Waals surface area contributed by atoms with Gasteiger partial charge in [-0.25, -0.2) is 0 Å². The molecule has 6 heteroatoms. The molecule has 30 heavy (non-hydrogen) atoms. The third-order valence-corrected chi connectivity index (χ3v) is 6.40. The lowest BCUT2D eigenvalue weighted by molar-refractivity contribution is -0.177. The SMILES string of the molecule is CCOC(OCC)C1CCCN1C(=O)[C@@H]1CCCN1C(=O)C1=Cc2ccccc2C1. The molecule has 0 saturated carbocycles. The number of nitrogens with zero attached hydrogens (tertiary/aromatic N) is 2. The van der Waals surface area contributed by atoms with Gasteiger partial charge < -0.3 is 19.3 Å². The highest BCUT2D eigenvalue weighted by Crippen LogP contribution is 2.31. The molecule has 0 radical (unpaired) electrons. The molecule has 2 aliphatic heterocycles. The van der Waals surface area contributed by atoms with Gasteiger partial charge in [0.2, 0.25) is 5.91 Å². The summed E-state index contributed by atoms with van der Waals surface area (Å²) < 4.78 is 11.6. The lowest BCUT2D eigenvalue weighted by Gasteiger charge is -2.34.